The Morgan fingerprint density at radius 1 is 0.969 bits per heavy atom. The van der Waals surface area contributed by atoms with E-state index in [4.69, 9.17) is 16.3 Å². The van der Waals surface area contributed by atoms with E-state index in [-0.39, 0.29) is 34.4 Å². The highest BCUT2D eigenvalue weighted by Crippen LogP contribution is 2.28. The zero-order chi connectivity index (χ0) is 23.3. The number of aryl methyl sites for hydroxylation is 1. The standard InChI is InChI=1S/C24H21ClF2N2O3/c1-14-3-5-16(29-23(30)9-10-32-2)12-19(14)24(31)18-7-6-17(13-20(18)25)28-22-8-4-15(26)11-21(22)27/h3-8,11-13,28H,9-10H2,1-2H3,(H,29,30). The molecule has 0 aliphatic carbocycles. The quantitative estimate of drug-likeness (QED) is 0.414. The summed E-state index contributed by atoms with van der Waals surface area (Å²) in [6.07, 6.45) is 0.197. The van der Waals surface area contributed by atoms with Gasteiger partial charge in [0.05, 0.1) is 23.7 Å². The number of methoxy groups -OCH3 is 1. The van der Waals surface area contributed by atoms with Crippen molar-refractivity contribution in [2.24, 2.45) is 0 Å². The maximum atomic E-state index is 13.9. The van der Waals surface area contributed by atoms with Gasteiger partial charge in [0.1, 0.15) is 11.6 Å². The van der Waals surface area contributed by atoms with Crippen LogP contribution in [0.4, 0.5) is 25.8 Å². The van der Waals surface area contributed by atoms with Crippen LogP contribution in [-0.2, 0) is 9.53 Å². The number of benzene rings is 3. The van der Waals surface area contributed by atoms with Crippen LogP contribution in [0, 0.1) is 18.6 Å². The van der Waals surface area contributed by atoms with Gasteiger partial charge in [0.2, 0.25) is 5.91 Å². The molecule has 1 amide bonds. The van der Waals surface area contributed by atoms with Gasteiger partial charge >= 0.3 is 0 Å². The van der Waals surface area contributed by atoms with Crippen molar-refractivity contribution in [1.82, 2.24) is 0 Å². The molecule has 0 unspecified atom stereocenters. The first kappa shape index (κ1) is 23.4. The predicted octanol–water partition coefficient (Wildman–Crippen LogP) is 5.88. The zero-order valence-corrected chi connectivity index (χ0v) is 18.2. The molecule has 0 spiro atoms. The highest BCUT2D eigenvalue weighted by Gasteiger charge is 2.17. The third kappa shape index (κ3) is 5.69. The lowest BCUT2D eigenvalue weighted by Gasteiger charge is -2.12. The van der Waals surface area contributed by atoms with Crippen LogP contribution in [0.3, 0.4) is 0 Å². The molecular weight excluding hydrogens is 438 g/mol. The highest BCUT2D eigenvalue weighted by atomic mass is 35.5. The number of rotatable bonds is 8. The smallest absolute Gasteiger partial charge is 0.226 e. The van der Waals surface area contributed by atoms with Crippen molar-refractivity contribution in [3.63, 3.8) is 0 Å². The van der Waals surface area contributed by atoms with E-state index in [1.165, 1.54) is 25.3 Å². The molecule has 0 radical (unpaired) electrons. The van der Waals surface area contributed by atoms with Crippen LogP contribution in [-0.4, -0.2) is 25.4 Å². The average Bonchev–Trinajstić information content (AvgIpc) is 2.75. The average molecular weight is 459 g/mol. The van der Waals surface area contributed by atoms with E-state index in [1.54, 1.807) is 31.2 Å². The fourth-order valence-electron chi connectivity index (χ4n) is 3.03. The van der Waals surface area contributed by atoms with E-state index < -0.39 is 11.6 Å². The van der Waals surface area contributed by atoms with Crippen LogP contribution < -0.4 is 10.6 Å². The van der Waals surface area contributed by atoms with Crippen LogP contribution in [0.15, 0.2) is 54.6 Å². The lowest BCUT2D eigenvalue weighted by molar-refractivity contribution is -0.117. The molecule has 166 valence electrons. The second-order valence-electron chi connectivity index (χ2n) is 7.09. The Bertz CT molecular complexity index is 1170. The van der Waals surface area contributed by atoms with Gasteiger partial charge in [0, 0.05) is 35.7 Å². The Morgan fingerprint density at radius 2 is 1.72 bits per heavy atom. The fraction of sp³-hybridized carbons (Fsp3) is 0.167. The summed E-state index contributed by atoms with van der Waals surface area (Å²) in [5.74, 6) is -1.98. The molecule has 0 fully saturated rings. The fourth-order valence-corrected chi connectivity index (χ4v) is 3.30. The van der Waals surface area contributed by atoms with Crippen molar-refractivity contribution in [3.8, 4) is 0 Å². The van der Waals surface area contributed by atoms with E-state index in [0.29, 0.717) is 23.5 Å². The van der Waals surface area contributed by atoms with Crippen LogP contribution in [0.5, 0.6) is 0 Å². The summed E-state index contributed by atoms with van der Waals surface area (Å²) in [5, 5.41) is 5.71. The van der Waals surface area contributed by atoms with Gasteiger partial charge in [-0.05, 0) is 55.0 Å². The van der Waals surface area contributed by atoms with Gasteiger partial charge < -0.3 is 15.4 Å². The molecule has 0 heterocycles. The monoisotopic (exact) mass is 458 g/mol. The first-order chi connectivity index (χ1) is 15.3. The molecule has 0 bridgehead atoms. The summed E-state index contributed by atoms with van der Waals surface area (Å²) in [6.45, 7) is 2.08. The van der Waals surface area contributed by atoms with Gasteiger partial charge in [-0.25, -0.2) is 8.78 Å². The Kier molecular flexibility index (Phi) is 7.56. The number of ketones is 1. The summed E-state index contributed by atoms with van der Waals surface area (Å²) in [5.41, 5.74) is 2.37. The van der Waals surface area contributed by atoms with Crippen molar-refractivity contribution in [2.45, 2.75) is 13.3 Å². The molecule has 3 rings (SSSR count). The Balaban J connectivity index is 1.81. The first-order valence-electron chi connectivity index (χ1n) is 9.74. The van der Waals surface area contributed by atoms with E-state index in [2.05, 4.69) is 10.6 Å². The second-order valence-corrected chi connectivity index (χ2v) is 7.50. The SMILES string of the molecule is COCCC(=O)Nc1ccc(C)c(C(=O)c2ccc(Nc3ccc(F)cc3F)cc2Cl)c1. The van der Waals surface area contributed by atoms with E-state index in [1.807, 2.05) is 0 Å². The molecular formula is C24H21ClF2N2O3. The largest absolute Gasteiger partial charge is 0.384 e. The number of nitrogens with one attached hydrogen (secondary N) is 2. The first-order valence-corrected chi connectivity index (χ1v) is 10.1. The van der Waals surface area contributed by atoms with Crippen molar-refractivity contribution in [1.29, 1.82) is 0 Å². The van der Waals surface area contributed by atoms with Gasteiger partial charge in [-0.15, -0.1) is 0 Å². The van der Waals surface area contributed by atoms with Gasteiger partial charge in [0.25, 0.3) is 0 Å². The van der Waals surface area contributed by atoms with Crippen LogP contribution in [0.1, 0.15) is 27.9 Å². The van der Waals surface area contributed by atoms with Crippen LogP contribution >= 0.6 is 11.6 Å². The lowest BCUT2D eigenvalue weighted by atomic mass is 9.98. The van der Waals surface area contributed by atoms with Crippen LogP contribution in [0.2, 0.25) is 5.02 Å². The normalized spacial score (nSPS) is 10.7. The zero-order valence-electron chi connectivity index (χ0n) is 17.5. The lowest BCUT2D eigenvalue weighted by Crippen LogP contribution is -2.14. The minimum atomic E-state index is -0.749. The molecule has 5 nitrogen and oxygen atoms in total. The molecule has 0 aromatic heterocycles. The van der Waals surface area contributed by atoms with E-state index in [0.717, 1.165) is 17.7 Å². The third-order valence-electron chi connectivity index (χ3n) is 4.72. The number of carbonyl (C=O) groups is 2. The summed E-state index contributed by atoms with van der Waals surface area (Å²) >= 11 is 6.34. The number of amides is 1. The van der Waals surface area contributed by atoms with Gasteiger partial charge in [-0.1, -0.05) is 17.7 Å². The number of halogens is 3. The number of hydrogen-bond donors (Lipinski definition) is 2. The van der Waals surface area contributed by atoms with Gasteiger partial charge in [-0.3, -0.25) is 9.59 Å². The molecule has 3 aromatic rings. The Hall–Kier alpha value is -3.29. The number of carbonyl (C=O) groups excluding carboxylic acids is 2. The van der Waals surface area contributed by atoms with E-state index >= 15 is 0 Å². The van der Waals surface area contributed by atoms with Crippen molar-refractivity contribution >= 4 is 40.4 Å². The second kappa shape index (κ2) is 10.3. The molecule has 32 heavy (non-hydrogen) atoms. The summed E-state index contributed by atoms with van der Waals surface area (Å²) in [4.78, 5) is 25.1. The molecule has 8 heteroatoms. The number of anilines is 3. The number of hydrogen-bond acceptors (Lipinski definition) is 4. The molecule has 0 aliphatic rings. The molecule has 2 N–H and O–H groups in total. The maximum absolute atomic E-state index is 13.9. The van der Waals surface area contributed by atoms with Gasteiger partial charge in [-0.2, -0.15) is 0 Å². The third-order valence-corrected chi connectivity index (χ3v) is 5.04. The molecule has 0 aliphatic heterocycles. The Labute approximate surface area is 189 Å². The predicted molar refractivity (Wildman–Crippen MR) is 121 cm³/mol. The van der Waals surface area contributed by atoms with Crippen LogP contribution in [0.25, 0.3) is 0 Å². The number of ether oxygens (including phenoxy) is 1. The maximum Gasteiger partial charge on any atom is 0.226 e. The summed E-state index contributed by atoms with van der Waals surface area (Å²) in [7, 11) is 1.51. The van der Waals surface area contributed by atoms with Gasteiger partial charge in [0.15, 0.2) is 5.78 Å². The molecule has 0 saturated heterocycles. The Morgan fingerprint density at radius 3 is 2.41 bits per heavy atom. The minimum Gasteiger partial charge on any atom is -0.384 e. The summed E-state index contributed by atoms with van der Waals surface area (Å²) < 4.78 is 31.9. The highest BCUT2D eigenvalue weighted by molar-refractivity contribution is 6.35. The van der Waals surface area contributed by atoms with Crippen molar-refractivity contribution < 1.29 is 23.1 Å². The van der Waals surface area contributed by atoms with Crippen molar-refractivity contribution in [2.75, 3.05) is 24.4 Å². The van der Waals surface area contributed by atoms with Crippen molar-refractivity contribution in [3.05, 3.63) is 87.9 Å². The molecule has 0 saturated carbocycles. The van der Waals surface area contributed by atoms with E-state index in [9.17, 15) is 18.4 Å². The molecule has 3 aromatic carbocycles. The molecule has 0 atom stereocenters. The minimum absolute atomic E-state index is 0.0781. The summed E-state index contributed by atoms with van der Waals surface area (Å²) in [6, 6.07) is 12.8. The topological polar surface area (TPSA) is 67.4 Å².